The molecular weight excluding hydrogens is 421 g/mol. The first-order valence-electron chi connectivity index (χ1n) is 9.51. The van der Waals surface area contributed by atoms with Gasteiger partial charge in [-0.3, -0.25) is 4.40 Å². The normalized spacial score (nSPS) is 11.9. The average Bonchev–Trinajstić information content (AvgIpc) is 3.41. The summed E-state index contributed by atoms with van der Waals surface area (Å²) in [6.07, 6.45) is 0.552. The molecule has 0 amide bonds. The molecule has 0 bridgehead atoms. The third-order valence-corrected chi connectivity index (χ3v) is 5.03. The fourth-order valence-corrected chi connectivity index (χ4v) is 3.41. The number of nitrogens with two attached hydrogens (primary N) is 1. The maximum Gasteiger partial charge on any atom is 0.416 e. The summed E-state index contributed by atoms with van der Waals surface area (Å²) in [7, 11) is 0. The molecule has 0 fully saturated rings. The van der Waals surface area contributed by atoms with Crippen molar-refractivity contribution in [2.24, 2.45) is 0 Å². The molecule has 0 atom stereocenters. The van der Waals surface area contributed by atoms with E-state index in [-0.39, 0.29) is 5.89 Å². The van der Waals surface area contributed by atoms with Crippen molar-refractivity contribution in [1.82, 2.24) is 24.5 Å². The highest BCUT2D eigenvalue weighted by Gasteiger charge is 2.30. The Balaban J connectivity index is 1.56. The summed E-state index contributed by atoms with van der Waals surface area (Å²) < 4.78 is 45.9. The van der Waals surface area contributed by atoms with Crippen molar-refractivity contribution in [2.75, 3.05) is 5.73 Å². The van der Waals surface area contributed by atoms with Crippen LogP contribution in [-0.4, -0.2) is 24.5 Å². The molecule has 1 aromatic carbocycles. The van der Waals surface area contributed by atoms with Crippen molar-refractivity contribution < 1.29 is 17.7 Å². The minimum Gasteiger partial charge on any atom is -0.384 e. The van der Waals surface area contributed by atoms with E-state index in [1.165, 1.54) is 12.1 Å². The molecule has 0 spiro atoms. The van der Waals surface area contributed by atoms with Gasteiger partial charge in [0, 0.05) is 18.0 Å². The second-order valence-electron chi connectivity index (χ2n) is 7.22. The maximum atomic E-state index is 12.9. The van der Waals surface area contributed by atoms with Crippen LogP contribution in [0.5, 0.6) is 0 Å². The molecule has 7 nitrogen and oxygen atoms in total. The second kappa shape index (κ2) is 7.19. The van der Waals surface area contributed by atoms with E-state index in [1.54, 1.807) is 35.1 Å². The molecule has 5 rings (SSSR count). The van der Waals surface area contributed by atoms with Gasteiger partial charge in [-0.05, 0) is 53.9 Å². The molecule has 2 N–H and O–H groups in total. The van der Waals surface area contributed by atoms with Crippen LogP contribution in [0.25, 0.3) is 39.7 Å². The van der Waals surface area contributed by atoms with Gasteiger partial charge in [-0.25, -0.2) is 9.97 Å². The number of alkyl halides is 3. The SMILES string of the molecule is Cc1cc(-c2ccc(C(F)(F)F)cc2)cn2c(-c3nc(-c4ccc(N)nc4)no3)cnc12. The average molecular weight is 436 g/mol. The highest BCUT2D eigenvalue weighted by molar-refractivity contribution is 5.70. The third-order valence-electron chi connectivity index (χ3n) is 5.03. The van der Waals surface area contributed by atoms with Gasteiger partial charge >= 0.3 is 6.18 Å². The van der Waals surface area contributed by atoms with Crippen molar-refractivity contribution in [3.63, 3.8) is 0 Å². The topological polar surface area (TPSA) is 95.1 Å². The van der Waals surface area contributed by atoms with Gasteiger partial charge in [0.2, 0.25) is 5.82 Å². The van der Waals surface area contributed by atoms with Gasteiger partial charge in [0.15, 0.2) is 0 Å². The molecule has 4 heterocycles. The quantitative estimate of drug-likeness (QED) is 0.427. The van der Waals surface area contributed by atoms with E-state index >= 15 is 0 Å². The molecule has 32 heavy (non-hydrogen) atoms. The zero-order valence-electron chi connectivity index (χ0n) is 16.6. The Bertz CT molecular complexity index is 1420. The van der Waals surface area contributed by atoms with Crippen molar-refractivity contribution in [3.8, 4) is 34.1 Å². The van der Waals surface area contributed by atoms with E-state index < -0.39 is 11.7 Å². The number of aromatic nitrogens is 5. The Labute approximate surface area is 179 Å². The van der Waals surface area contributed by atoms with Gasteiger partial charge in [0.1, 0.15) is 17.2 Å². The van der Waals surface area contributed by atoms with E-state index in [0.29, 0.717) is 34.1 Å². The van der Waals surface area contributed by atoms with Crippen molar-refractivity contribution >= 4 is 11.5 Å². The van der Waals surface area contributed by atoms with Crippen LogP contribution in [0.15, 0.2) is 65.6 Å². The second-order valence-corrected chi connectivity index (χ2v) is 7.22. The molecule has 4 aromatic heterocycles. The van der Waals surface area contributed by atoms with Crippen LogP contribution >= 0.6 is 0 Å². The fourth-order valence-electron chi connectivity index (χ4n) is 3.41. The third kappa shape index (κ3) is 3.45. The first-order valence-corrected chi connectivity index (χ1v) is 9.51. The fraction of sp³-hybridized carbons (Fsp3) is 0.0909. The lowest BCUT2D eigenvalue weighted by Gasteiger charge is -2.09. The molecule has 0 aliphatic heterocycles. The lowest BCUT2D eigenvalue weighted by Crippen LogP contribution is -2.04. The van der Waals surface area contributed by atoms with Crippen LogP contribution in [0.3, 0.4) is 0 Å². The Hall–Kier alpha value is -4.21. The number of benzene rings is 1. The van der Waals surface area contributed by atoms with Crippen molar-refractivity contribution in [1.29, 1.82) is 0 Å². The zero-order chi connectivity index (χ0) is 22.5. The van der Waals surface area contributed by atoms with E-state index in [0.717, 1.165) is 23.3 Å². The van der Waals surface area contributed by atoms with Gasteiger partial charge < -0.3 is 10.3 Å². The first kappa shape index (κ1) is 19.7. The Morgan fingerprint density at radius 1 is 0.938 bits per heavy atom. The van der Waals surface area contributed by atoms with Crippen LogP contribution in [0.1, 0.15) is 11.1 Å². The van der Waals surface area contributed by atoms with E-state index in [2.05, 4.69) is 20.1 Å². The number of pyridine rings is 2. The molecule has 5 aromatic rings. The summed E-state index contributed by atoms with van der Waals surface area (Å²) in [5.74, 6) is 0.969. The number of hydrogen-bond donors (Lipinski definition) is 1. The van der Waals surface area contributed by atoms with Crippen LogP contribution in [0.4, 0.5) is 19.0 Å². The number of hydrogen-bond acceptors (Lipinski definition) is 6. The van der Waals surface area contributed by atoms with Gasteiger partial charge in [-0.15, -0.1) is 0 Å². The molecule has 0 aliphatic rings. The number of imidazole rings is 1. The molecule has 10 heteroatoms. The molecule has 0 radical (unpaired) electrons. The standard InChI is InChI=1S/C22H15F3N6O/c1-12-8-15(13-2-5-16(6-3-13)22(23,24)25)11-31-17(10-28-20(12)31)21-29-19(30-32-21)14-4-7-18(26)27-9-14/h2-11H,1H3,(H2,26,27). The summed E-state index contributed by atoms with van der Waals surface area (Å²) in [6.45, 7) is 1.87. The highest BCUT2D eigenvalue weighted by Crippen LogP contribution is 2.32. The monoisotopic (exact) mass is 436 g/mol. The predicted molar refractivity (Wildman–Crippen MR) is 111 cm³/mol. The van der Waals surface area contributed by atoms with Gasteiger partial charge in [0.05, 0.1) is 11.8 Å². The first-order chi connectivity index (χ1) is 15.3. The van der Waals surface area contributed by atoms with Crippen LogP contribution in [0, 0.1) is 6.92 Å². The molecule has 0 saturated heterocycles. The van der Waals surface area contributed by atoms with E-state index in [4.69, 9.17) is 10.3 Å². The molecular formula is C22H15F3N6O. The zero-order valence-corrected chi connectivity index (χ0v) is 16.6. The molecule has 0 unspecified atom stereocenters. The van der Waals surface area contributed by atoms with Crippen molar-refractivity contribution in [3.05, 3.63) is 72.2 Å². The molecule has 160 valence electrons. The summed E-state index contributed by atoms with van der Waals surface area (Å²) >= 11 is 0. The van der Waals surface area contributed by atoms with E-state index in [9.17, 15) is 13.2 Å². The lowest BCUT2D eigenvalue weighted by molar-refractivity contribution is -0.137. The molecule has 0 aliphatic carbocycles. The van der Waals surface area contributed by atoms with Gasteiger partial charge in [0.25, 0.3) is 5.89 Å². The lowest BCUT2D eigenvalue weighted by atomic mass is 10.0. The number of aryl methyl sites for hydroxylation is 1. The Morgan fingerprint density at radius 2 is 1.69 bits per heavy atom. The summed E-state index contributed by atoms with van der Waals surface area (Å²) in [6, 6.07) is 10.3. The number of rotatable bonds is 3. The highest BCUT2D eigenvalue weighted by atomic mass is 19.4. The smallest absolute Gasteiger partial charge is 0.384 e. The molecule has 0 saturated carbocycles. The maximum absolute atomic E-state index is 12.9. The number of anilines is 1. The minimum atomic E-state index is -4.38. The Kier molecular flexibility index (Phi) is 4.43. The van der Waals surface area contributed by atoms with Gasteiger partial charge in [-0.2, -0.15) is 18.2 Å². The van der Waals surface area contributed by atoms with E-state index in [1.807, 2.05) is 13.0 Å². The number of nitrogens with zero attached hydrogens (tertiary/aromatic N) is 5. The predicted octanol–water partition coefficient (Wildman–Crippen LogP) is 5.02. The number of nitrogen functional groups attached to an aromatic ring is 1. The largest absolute Gasteiger partial charge is 0.416 e. The van der Waals surface area contributed by atoms with Crippen LogP contribution < -0.4 is 5.73 Å². The van der Waals surface area contributed by atoms with Crippen molar-refractivity contribution in [2.45, 2.75) is 13.1 Å². The Morgan fingerprint density at radius 3 is 2.38 bits per heavy atom. The van der Waals surface area contributed by atoms with Crippen LogP contribution in [-0.2, 0) is 6.18 Å². The summed E-state index contributed by atoms with van der Waals surface area (Å²) in [5.41, 5.74) is 9.00. The summed E-state index contributed by atoms with van der Waals surface area (Å²) in [4.78, 5) is 12.9. The summed E-state index contributed by atoms with van der Waals surface area (Å²) in [5, 5.41) is 4.00. The number of fused-ring (bicyclic) bond motifs is 1. The van der Waals surface area contributed by atoms with Gasteiger partial charge in [-0.1, -0.05) is 17.3 Å². The van der Waals surface area contributed by atoms with Crippen LogP contribution in [0.2, 0.25) is 0 Å². The number of halogens is 3. The minimum absolute atomic E-state index is 0.244.